The van der Waals surface area contributed by atoms with Gasteiger partial charge >= 0.3 is 0 Å². The summed E-state index contributed by atoms with van der Waals surface area (Å²) >= 11 is 0. The predicted molar refractivity (Wildman–Crippen MR) is 106 cm³/mol. The molecule has 2 rings (SSSR count). The van der Waals surface area contributed by atoms with Gasteiger partial charge in [-0.25, -0.2) is 0 Å². The number of benzene rings is 1. The number of aldehydes is 1. The van der Waals surface area contributed by atoms with E-state index in [1.54, 1.807) is 23.1 Å². The Morgan fingerprint density at radius 1 is 1.12 bits per heavy atom. The van der Waals surface area contributed by atoms with Gasteiger partial charge in [0.15, 0.2) is 6.29 Å². The van der Waals surface area contributed by atoms with Gasteiger partial charge in [0.05, 0.1) is 0 Å². The molecule has 0 saturated heterocycles. The lowest BCUT2D eigenvalue weighted by Gasteiger charge is -2.16. The smallest absolute Gasteiger partial charge is 0.251 e. The lowest BCUT2D eigenvalue weighted by atomic mass is 10.1. The quantitative estimate of drug-likeness (QED) is 0.579. The SMILES string of the molecule is C=C1C=CC(=O)N1CCCCCO.C=Cc1cc(C)ccc1C=O.CO. The van der Waals surface area contributed by atoms with Crippen LogP contribution in [0.25, 0.3) is 6.08 Å². The molecular weight excluding hydrogens is 330 g/mol. The topological polar surface area (TPSA) is 77.8 Å². The zero-order valence-corrected chi connectivity index (χ0v) is 15.6. The monoisotopic (exact) mass is 359 g/mol. The molecule has 2 N–H and O–H groups in total. The number of aryl methyl sites for hydroxylation is 1. The van der Waals surface area contributed by atoms with Crippen molar-refractivity contribution in [1.82, 2.24) is 4.90 Å². The number of amides is 1. The maximum absolute atomic E-state index is 11.2. The molecule has 0 aromatic heterocycles. The van der Waals surface area contributed by atoms with Crippen LogP contribution in [0, 0.1) is 6.92 Å². The fourth-order valence-electron chi connectivity index (χ4n) is 2.28. The minimum Gasteiger partial charge on any atom is -0.400 e. The Balaban J connectivity index is 0.000000444. The molecule has 142 valence electrons. The molecule has 0 aliphatic carbocycles. The fraction of sp³-hybridized carbons (Fsp3) is 0.333. The van der Waals surface area contributed by atoms with Gasteiger partial charge in [-0.2, -0.15) is 0 Å². The lowest BCUT2D eigenvalue weighted by molar-refractivity contribution is -0.123. The van der Waals surface area contributed by atoms with Crippen molar-refractivity contribution in [2.24, 2.45) is 0 Å². The van der Waals surface area contributed by atoms with Crippen molar-refractivity contribution in [2.75, 3.05) is 20.3 Å². The van der Waals surface area contributed by atoms with Crippen LogP contribution in [0.4, 0.5) is 0 Å². The van der Waals surface area contributed by atoms with Crippen molar-refractivity contribution in [3.05, 3.63) is 65.9 Å². The van der Waals surface area contributed by atoms with Gasteiger partial charge in [-0.05, 0) is 37.8 Å². The van der Waals surface area contributed by atoms with Crippen molar-refractivity contribution >= 4 is 18.3 Å². The predicted octanol–water partition coefficient (Wildman–Crippen LogP) is 3.12. The van der Waals surface area contributed by atoms with Crippen molar-refractivity contribution in [2.45, 2.75) is 26.2 Å². The third-order valence-corrected chi connectivity index (χ3v) is 3.66. The van der Waals surface area contributed by atoms with Crippen molar-refractivity contribution in [3.63, 3.8) is 0 Å². The first kappa shape index (κ1) is 23.5. The number of allylic oxidation sites excluding steroid dienone is 1. The maximum Gasteiger partial charge on any atom is 0.251 e. The molecule has 0 bridgehead atoms. The number of unbranched alkanes of at least 4 members (excludes halogenated alkanes) is 2. The fourth-order valence-corrected chi connectivity index (χ4v) is 2.28. The van der Waals surface area contributed by atoms with E-state index in [4.69, 9.17) is 10.2 Å². The van der Waals surface area contributed by atoms with Gasteiger partial charge in [0.2, 0.25) is 0 Å². The standard InChI is InChI=1S/C10H15NO2.C10H10O.CH4O/c1-9-5-6-10(13)11(9)7-3-2-4-8-12;1-3-9-6-8(2)4-5-10(9)7-11;1-2/h5-6,12H,1-4,7-8H2;3-7H,1H2,2H3;2H,1H3. The van der Waals surface area contributed by atoms with Crippen LogP contribution in [-0.2, 0) is 4.79 Å². The summed E-state index contributed by atoms with van der Waals surface area (Å²) in [5.74, 6) is 0.0222. The summed E-state index contributed by atoms with van der Waals surface area (Å²) in [6.07, 6.45) is 8.48. The van der Waals surface area contributed by atoms with Crippen molar-refractivity contribution in [3.8, 4) is 0 Å². The molecule has 5 heteroatoms. The highest BCUT2D eigenvalue weighted by Gasteiger charge is 2.17. The maximum atomic E-state index is 11.2. The molecule has 1 amide bonds. The number of hydrogen-bond donors (Lipinski definition) is 2. The molecular formula is C21H29NO4. The van der Waals surface area contributed by atoms with Gasteiger partial charge < -0.3 is 15.1 Å². The Kier molecular flexibility index (Phi) is 12.4. The van der Waals surface area contributed by atoms with Gasteiger partial charge in [-0.15, -0.1) is 0 Å². The first-order valence-corrected chi connectivity index (χ1v) is 8.45. The van der Waals surface area contributed by atoms with Crippen LogP contribution in [0.5, 0.6) is 0 Å². The van der Waals surface area contributed by atoms with Crippen LogP contribution in [0.2, 0.25) is 0 Å². The Morgan fingerprint density at radius 3 is 2.31 bits per heavy atom. The molecule has 1 aromatic rings. The van der Waals surface area contributed by atoms with E-state index in [9.17, 15) is 9.59 Å². The normalized spacial score (nSPS) is 12.1. The Labute approximate surface area is 156 Å². The summed E-state index contributed by atoms with van der Waals surface area (Å²) < 4.78 is 0. The van der Waals surface area contributed by atoms with E-state index in [2.05, 4.69) is 13.2 Å². The highest BCUT2D eigenvalue weighted by Crippen LogP contribution is 2.13. The second-order valence-corrected chi connectivity index (χ2v) is 5.55. The summed E-state index contributed by atoms with van der Waals surface area (Å²) in [7, 11) is 1.00. The first-order chi connectivity index (χ1) is 12.5. The zero-order valence-electron chi connectivity index (χ0n) is 15.6. The van der Waals surface area contributed by atoms with E-state index < -0.39 is 0 Å². The van der Waals surface area contributed by atoms with Crippen molar-refractivity contribution < 1.29 is 19.8 Å². The average Bonchev–Trinajstić information content (AvgIpc) is 2.99. The van der Waals surface area contributed by atoms with Crippen molar-refractivity contribution in [1.29, 1.82) is 0 Å². The number of nitrogens with zero attached hydrogens (tertiary/aromatic N) is 1. The number of aliphatic hydroxyl groups is 2. The van der Waals surface area contributed by atoms with Gasteiger partial charge in [-0.1, -0.05) is 43.0 Å². The molecule has 5 nitrogen and oxygen atoms in total. The molecule has 0 unspecified atom stereocenters. The molecule has 0 spiro atoms. The molecule has 0 atom stereocenters. The van der Waals surface area contributed by atoms with E-state index in [1.807, 2.05) is 19.1 Å². The molecule has 1 heterocycles. The van der Waals surface area contributed by atoms with Gasteiger partial charge in [0.25, 0.3) is 5.91 Å². The average molecular weight is 359 g/mol. The first-order valence-electron chi connectivity index (χ1n) is 8.45. The highest BCUT2D eigenvalue weighted by molar-refractivity contribution is 5.92. The van der Waals surface area contributed by atoms with Crippen LogP contribution >= 0.6 is 0 Å². The second-order valence-electron chi connectivity index (χ2n) is 5.55. The summed E-state index contributed by atoms with van der Waals surface area (Å²) in [6.45, 7) is 10.3. The number of hydrogen-bond acceptors (Lipinski definition) is 4. The zero-order chi connectivity index (χ0) is 19.9. The Bertz CT molecular complexity index is 617. The third-order valence-electron chi connectivity index (χ3n) is 3.66. The minimum absolute atomic E-state index is 0.0222. The molecule has 0 radical (unpaired) electrons. The van der Waals surface area contributed by atoms with E-state index in [0.29, 0.717) is 12.1 Å². The third kappa shape index (κ3) is 8.05. The van der Waals surface area contributed by atoms with Gasteiger partial charge in [0, 0.05) is 37.6 Å². The van der Waals surface area contributed by atoms with Gasteiger partial charge in [-0.3, -0.25) is 9.59 Å². The summed E-state index contributed by atoms with van der Waals surface area (Å²) in [5, 5.41) is 15.6. The van der Waals surface area contributed by atoms with Crippen LogP contribution in [0.15, 0.2) is 49.2 Å². The lowest BCUT2D eigenvalue weighted by Crippen LogP contribution is -2.24. The van der Waals surface area contributed by atoms with Crippen LogP contribution in [0.1, 0.15) is 40.7 Å². The molecule has 1 aliphatic rings. The largest absolute Gasteiger partial charge is 0.400 e. The number of aliphatic hydroxyl groups excluding tert-OH is 2. The van der Waals surface area contributed by atoms with Crippen LogP contribution in [0.3, 0.4) is 0 Å². The number of rotatable bonds is 7. The van der Waals surface area contributed by atoms with E-state index >= 15 is 0 Å². The highest BCUT2D eigenvalue weighted by atomic mass is 16.3. The summed E-state index contributed by atoms with van der Waals surface area (Å²) in [4.78, 5) is 23.3. The second kappa shape index (κ2) is 13.8. The summed E-state index contributed by atoms with van der Waals surface area (Å²) in [6, 6.07) is 5.66. The van der Waals surface area contributed by atoms with E-state index in [0.717, 1.165) is 49.5 Å². The van der Waals surface area contributed by atoms with Gasteiger partial charge in [0.1, 0.15) is 0 Å². The Hall–Kier alpha value is -2.50. The Morgan fingerprint density at radius 2 is 1.81 bits per heavy atom. The number of carbonyl (C=O) groups is 2. The molecule has 0 fully saturated rings. The van der Waals surface area contributed by atoms with E-state index in [-0.39, 0.29) is 12.5 Å². The van der Waals surface area contributed by atoms with Crippen LogP contribution in [-0.4, -0.2) is 47.6 Å². The minimum atomic E-state index is 0.0222. The van der Waals surface area contributed by atoms with Crippen LogP contribution < -0.4 is 0 Å². The summed E-state index contributed by atoms with van der Waals surface area (Å²) in [5.41, 5.74) is 3.52. The molecule has 0 saturated carbocycles. The molecule has 1 aliphatic heterocycles. The number of carbonyl (C=O) groups excluding carboxylic acids is 2. The molecule has 1 aromatic carbocycles. The molecule has 26 heavy (non-hydrogen) atoms. The van der Waals surface area contributed by atoms with E-state index in [1.165, 1.54) is 6.08 Å².